The molecule has 0 saturated carbocycles. The van der Waals surface area contributed by atoms with Crippen LogP contribution in [-0.2, 0) is 18.0 Å². The molecule has 1 aromatic heterocycles. The summed E-state index contributed by atoms with van der Waals surface area (Å²) in [5.41, 5.74) is 4.27. The fourth-order valence-corrected chi connectivity index (χ4v) is 3.27. The third-order valence-corrected chi connectivity index (χ3v) is 4.69. The summed E-state index contributed by atoms with van der Waals surface area (Å²) >= 11 is 0. The number of benzene rings is 2. The number of rotatable bonds is 6. The SMILES string of the molecule is CCCCn1cnc2c1C(=O)c1ccccc1/C2=N\OCc1ccccc1. The van der Waals surface area contributed by atoms with E-state index < -0.39 is 0 Å². The van der Waals surface area contributed by atoms with E-state index in [1.54, 1.807) is 6.33 Å². The van der Waals surface area contributed by atoms with Crippen molar-refractivity contribution in [2.24, 2.45) is 5.16 Å². The first-order valence-corrected chi connectivity index (χ1v) is 9.23. The number of unbranched alkanes of at least 4 members (excludes halogenated alkanes) is 1. The molecule has 1 heterocycles. The summed E-state index contributed by atoms with van der Waals surface area (Å²) in [6, 6.07) is 17.4. The van der Waals surface area contributed by atoms with Gasteiger partial charge in [0.25, 0.3) is 0 Å². The molecule has 1 aliphatic rings. The first-order valence-electron chi connectivity index (χ1n) is 9.23. The first kappa shape index (κ1) is 17.2. The highest BCUT2D eigenvalue weighted by Gasteiger charge is 2.32. The van der Waals surface area contributed by atoms with Crippen LogP contribution in [0.4, 0.5) is 0 Å². The van der Waals surface area contributed by atoms with Crippen molar-refractivity contribution in [3.63, 3.8) is 0 Å². The van der Waals surface area contributed by atoms with Crippen molar-refractivity contribution < 1.29 is 9.63 Å². The number of carbonyl (C=O) groups is 1. The van der Waals surface area contributed by atoms with Crippen molar-refractivity contribution in [3.05, 3.63) is 89.0 Å². The van der Waals surface area contributed by atoms with Crippen LogP contribution in [0.3, 0.4) is 0 Å². The Hall–Kier alpha value is -3.21. The number of hydrogen-bond acceptors (Lipinski definition) is 4. The predicted molar refractivity (Wildman–Crippen MR) is 104 cm³/mol. The molecule has 0 N–H and O–H groups in total. The van der Waals surface area contributed by atoms with Crippen molar-refractivity contribution in [2.45, 2.75) is 32.9 Å². The molecule has 5 nitrogen and oxygen atoms in total. The quantitative estimate of drug-likeness (QED) is 0.485. The van der Waals surface area contributed by atoms with Crippen LogP contribution in [0.2, 0.25) is 0 Å². The molecule has 0 spiro atoms. The number of imidazole rings is 1. The highest BCUT2D eigenvalue weighted by atomic mass is 16.6. The third-order valence-electron chi connectivity index (χ3n) is 4.69. The van der Waals surface area contributed by atoms with Gasteiger partial charge < -0.3 is 9.40 Å². The Morgan fingerprint density at radius 1 is 1.04 bits per heavy atom. The van der Waals surface area contributed by atoms with Gasteiger partial charge in [-0.3, -0.25) is 4.79 Å². The van der Waals surface area contributed by atoms with Gasteiger partial charge >= 0.3 is 0 Å². The molecule has 136 valence electrons. The standard InChI is InChI=1S/C22H21N3O2/c1-2-3-13-25-15-23-20-19(24-27-14-16-9-5-4-6-10-16)17-11-7-8-12-18(17)22(26)21(20)25/h4-12,15H,2-3,13-14H2,1H3/b24-19+. The lowest BCUT2D eigenvalue weighted by Gasteiger charge is -2.18. The van der Waals surface area contributed by atoms with Crippen LogP contribution >= 0.6 is 0 Å². The van der Waals surface area contributed by atoms with Crippen LogP contribution in [0, 0.1) is 0 Å². The maximum Gasteiger partial charge on any atom is 0.212 e. The first-order chi connectivity index (χ1) is 13.3. The van der Waals surface area contributed by atoms with Crippen LogP contribution in [-0.4, -0.2) is 21.0 Å². The lowest BCUT2D eigenvalue weighted by atomic mass is 9.89. The Morgan fingerprint density at radius 3 is 2.56 bits per heavy atom. The van der Waals surface area contributed by atoms with Gasteiger partial charge in [-0.15, -0.1) is 0 Å². The molecule has 3 aromatic rings. The molecule has 0 aliphatic heterocycles. The molecule has 0 fully saturated rings. The molecule has 4 rings (SSSR count). The monoisotopic (exact) mass is 359 g/mol. The smallest absolute Gasteiger partial charge is 0.212 e. The van der Waals surface area contributed by atoms with Crippen LogP contribution in [0.5, 0.6) is 0 Å². The van der Waals surface area contributed by atoms with Gasteiger partial charge in [-0.25, -0.2) is 4.98 Å². The summed E-state index contributed by atoms with van der Waals surface area (Å²) in [5.74, 6) is -0.00351. The summed E-state index contributed by atoms with van der Waals surface area (Å²) in [6.45, 7) is 3.27. The number of carbonyl (C=O) groups excluding carboxylic acids is 1. The fraction of sp³-hybridized carbons (Fsp3) is 0.227. The highest BCUT2D eigenvalue weighted by molar-refractivity contribution is 6.28. The minimum atomic E-state index is -0.00351. The van der Waals surface area contributed by atoms with Crippen molar-refractivity contribution in [1.82, 2.24) is 9.55 Å². The molecule has 2 aromatic carbocycles. The van der Waals surface area contributed by atoms with Gasteiger partial charge in [-0.1, -0.05) is 73.1 Å². The van der Waals surface area contributed by atoms with Crippen molar-refractivity contribution in [1.29, 1.82) is 0 Å². The second kappa shape index (κ2) is 7.58. The maximum atomic E-state index is 13.0. The van der Waals surface area contributed by atoms with Crippen LogP contribution < -0.4 is 0 Å². The number of fused-ring (bicyclic) bond motifs is 2. The topological polar surface area (TPSA) is 56.5 Å². The van der Waals surface area contributed by atoms with Gasteiger partial charge in [0, 0.05) is 17.7 Å². The molecule has 1 aliphatic carbocycles. The summed E-state index contributed by atoms with van der Waals surface area (Å²) < 4.78 is 1.93. The largest absolute Gasteiger partial charge is 0.390 e. The second-order valence-corrected chi connectivity index (χ2v) is 6.56. The Kier molecular flexibility index (Phi) is 4.83. The van der Waals surface area contributed by atoms with E-state index in [-0.39, 0.29) is 5.78 Å². The molecule has 0 radical (unpaired) electrons. The van der Waals surface area contributed by atoms with Crippen LogP contribution in [0.15, 0.2) is 66.1 Å². The molecular weight excluding hydrogens is 338 g/mol. The van der Waals surface area contributed by atoms with Crippen molar-refractivity contribution in [2.75, 3.05) is 0 Å². The van der Waals surface area contributed by atoms with E-state index in [0.717, 1.165) is 30.5 Å². The molecule has 0 atom stereocenters. The molecule has 0 bridgehead atoms. The van der Waals surface area contributed by atoms with E-state index in [9.17, 15) is 4.79 Å². The fourth-order valence-electron chi connectivity index (χ4n) is 3.27. The van der Waals surface area contributed by atoms with Gasteiger partial charge in [-0.05, 0) is 12.0 Å². The van der Waals surface area contributed by atoms with E-state index in [1.165, 1.54) is 0 Å². The predicted octanol–water partition coefficient (Wildman–Crippen LogP) is 4.20. The zero-order valence-electron chi connectivity index (χ0n) is 15.3. The normalized spacial score (nSPS) is 14.1. The highest BCUT2D eigenvalue weighted by Crippen LogP contribution is 2.27. The Bertz CT molecular complexity index is 990. The van der Waals surface area contributed by atoms with Crippen molar-refractivity contribution in [3.8, 4) is 0 Å². The zero-order chi connectivity index (χ0) is 18.6. The number of ketones is 1. The second-order valence-electron chi connectivity index (χ2n) is 6.56. The number of nitrogens with zero attached hydrogens (tertiary/aromatic N) is 3. The maximum absolute atomic E-state index is 13.0. The summed E-state index contributed by atoms with van der Waals surface area (Å²) in [7, 11) is 0. The number of aryl methyl sites for hydroxylation is 1. The summed E-state index contributed by atoms with van der Waals surface area (Å²) in [4.78, 5) is 23.2. The number of oxime groups is 1. The van der Waals surface area contributed by atoms with E-state index in [2.05, 4.69) is 17.1 Å². The Labute approximate surface area is 158 Å². The Morgan fingerprint density at radius 2 is 1.78 bits per heavy atom. The molecule has 0 amide bonds. The zero-order valence-corrected chi connectivity index (χ0v) is 15.3. The number of hydrogen-bond donors (Lipinski definition) is 0. The van der Waals surface area contributed by atoms with Gasteiger partial charge in [0.05, 0.1) is 6.33 Å². The van der Waals surface area contributed by atoms with E-state index >= 15 is 0 Å². The minimum Gasteiger partial charge on any atom is -0.390 e. The molecule has 0 saturated heterocycles. The lowest BCUT2D eigenvalue weighted by Crippen LogP contribution is -2.24. The van der Waals surface area contributed by atoms with Crippen LogP contribution in [0.25, 0.3) is 0 Å². The van der Waals surface area contributed by atoms with Crippen LogP contribution in [0.1, 0.15) is 52.6 Å². The van der Waals surface area contributed by atoms with E-state index in [0.29, 0.717) is 29.3 Å². The number of aromatic nitrogens is 2. The molecule has 5 heteroatoms. The van der Waals surface area contributed by atoms with Gasteiger partial charge in [0.2, 0.25) is 5.78 Å². The molecule has 0 unspecified atom stereocenters. The third kappa shape index (κ3) is 3.28. The Balaban J connectivity index is 1.71. The summed E-state index contributed by atoms with van der Waals surface area (Å²) in [5, 5.41) is 4.38. The van der Waals surface area contributed by atoms with E-state index in [1.807, 2.05) is 59.2 Å². The molecular formula is C22H21N3O2. The van der Waals surface area contributed by atoms with Gasteiger partial charge in [0.1, 0.15) is 23.7 Å². The van der Waals surface area contributed by atoms with Gasteiger partial charge in [-0.2, -0.15) is 0 Å². The average molecular weight is 359 g/mol. The van der Waals surface area contributed by atoms with Crippen molar-refractivity contribution >= 4 is 11.5 Å². The lowest BCUT2D eigenvalue weighted by molar-refractivity contribution is 0.102. The summed E-state index contributed by atoms with van der Waals surface area (Å²) in [6.07, 6.45) is 3.78. The van der Waals surface area contributed by atoms with Gasteiger partial charge in [0.15, 0.2) is 0 Å². The minimum absolute atomic E-state index is 0.00351. The van der Waals surface area contributed by atoms with E-state index in [4.69, 9.17) is 4.84 Å². The average Bonchev–Trinajstić information content (AvgIpc) is 3.14. The molecule has 27 heavy (non-hydrogen) atoms.